The lowest BCUT2D eigenvalue weighted by molar-refractivity contribution is -0.122. The molecule has 0 saturated heterocycles. The summed E-state index contributed by atoms with van der Waals surface area (Å²) in [5.41, 5.74) is 8.47. The van der Waals surface area contributed by atoms with Crippen LogP contribution in [0.25, 0.3) is 0 Å². The highest BCUT2D eigenvalue weighted by Gasteiger charge is 2.18. The third-order valence-electron chi connectivity index (χ3n) is 3.86. The molecule has 1 unspecified atom stereocenters. The van der Waals surface area contributed by atoms with Crippen LogP contribution in [0, 0.1) is 13.8 Å². The molecule has 0 radical (unpaired) electrons. The molecule has 2 aromatic carbocycles. The normalized spacial score (nSPS) is 11.6. The molecule has 0 bridgehead atoms. The van der Waals surface area contributed by atoms with E-state index in [0.29, 0.717) is 23.4 Å². The Hall–Kier alpha value is -2.82. The fourth-order valence-electron chi connectivity index (χ4n) is 2.21. The molecule has 0 aliphatic rings. The van der Waals surface area contributed by atoms with Crippen LogP contribution >= 0.6 is 0 Å². The SMILES string of the molecule is CCC(Oc1ccc(C)c(C)c1)C(=O)Nc1ccc(C(N)=O)cc1. The van der Waals surface area contributed by atoms with Crippen LogP contribution in [0.1, 0.15) is 34.8 Å². The zero-order chi connectivity index (χ0) is 17.7. The van der Waals surface area contributed by atoms with E-state index < -0.39 is 12.0 Å². The molecule has 0 aromatic heterocycles. The van der Waals surface area contributed by atoms with Crippen LogP contribution in [-0.2, 0) is 4.79 Å². The molecule has 2 rings (SSSR count). The van der Waals surface area contributed by atoms with Gasteiger partial charge >= 0.3 is 0 Å². The Morgan fingerprint density at radius 1 is 1.08 bits per heavy atom. The zero-order valence-corrected chi connectivity index (χ0v) is 14.1. The van der Waals surface area contributed by atoms with Crippen molar-refractivity contribution in [2.24, 2.45) is 5.73 Å². The van der Waals surface area contributed by atoms with Crippen molar-refractivity contribution in [2.75, 3.05) is 5.32 Å². The van der Waals surface area contributed by atoms with Gasteiger partial charge in [-0.2, -0.15) is 0 Å². The number of anilines is 1. The smallest absolute Gasteiger partial charge is 0.265 e. The Kier molecular flexibility index (Phi) is 5.58. The van der Waals surface area contributed by atoms with Gasteiger partial charge in [-0.15, -0.1) is 0 Å². The second-order valence-corrected chi connectivity index (χ2v) is 5.69. The molecule has 0 heterocycles. The molecular formula is C19H22N2O3. The average molecular weight is 326 g/mol. The van der Waals surface area contributed by atoms with E-state index in [-0.39, 0.29) is 5.91 Å². The summed E-state index contributed by atoms with van der Waals surface area (Å²) in [6.07, 6.45) is -0.0547. The summed E-state index contributed by atoms with van der Waals surface area (Å²) in [6.45, 7) is 5.92. The maximum atomic E-state index is 12.4. The topological polar surface area (TPSA) is 81.4 Å². The van der Waals surface area contributed by atoms with Crippen LogP contribution in [0.2, 0.25) is 0 Å². The molecule has 0 spiro atoms. The first-order valence-corrected chi connectivity index (χ1v) is 7.85. The third kappa shape index (κ3) is 4.35. The molecule has 2 amide bonds. The van der Waals surface area contributed by atoms with E-state index in [9.17, 15) is 9.59 Å². The molecule has 3 N–H and O–H groups in total. The Morgan fingerprint density at radius 3 is 2.29 bits per heavy atom. The fourth-order valence-corrected chi connectivity index (χ4v) is 2.21. The molecule has 5 nitrogen and oxygen atoms in total. The Bertz CT molecular complexity index is 739. The third-order valence-corrected chi connectivity index (χ3v) is 3.86. The van der Waals surface area contributed by atoms with Crippen LogP contribution in [0.15, 0.2) is 42.5 Å². The van der Waals surface area contributed by atoms with Gasteiger partial charge in [-0.05, 0) is 67.8 Å². The van der Waals surface area contributed by atoms with E-state index in [1.165, 1.54) is 5.56 Å². The van der Waals surface area contributed by atoms with E-state index in [2.05, 4.69) is 5.32 Å². The second kappa shape index (κ2) is 7.64. The maximum Gasteiger partial charge on any atom is 0.265 e. The first-order chi connectivity index (χ1) is 11.4. The molecule has 5 heteroatoms. The molecule has 0 aliphatic carbocycles. The van der Waals surface area contributed by atoms with Crippen molar-refractivity contribution >= 4 is 17.5 Å². The highest BCUT2D eigenvalue weighted by molar-refractivity contribution is 5.96. The maximum absolute atomic E-state index is 12.4. The van der Waals surface area contributed by atoms with Crippen molar-refractivity contribution in [3.63, 3.8) is 0 Å². The number of rotatable bonds is 6. The van der Waals surface area contributed by atoms with Crippen molar-refractivity contribution in [2.45, 2.75) is 33.3 Å². The number of carbonyl (C=O) groups excluding carboxylic acids is 2. The number of primary amides is 1. The number of hydrogen-bond donors (Lipinski definition) is 2. The van der Waals surface area contributed by atoms with Gasteiger partial charge in [0, 0.05) is 11.3 Å². The monoisotopic (exact) mass is 326 g/mol. The van der Waals surface area contributed by atoms with Gasteiger partial charge < -0.3 is 15.8 Å². The second-order valence-electron chi connectivity index (χ2n) is 5.69. The molecule has 0 fully saturated rings. The molecule has 0 aliphatic heterocycles. The summed E-state index contributed by atoms with van der Waals surface area (Å²) < 4.78 is 5.81. The zero-order valence-electron chi connectivity index (χ0n) is 14.1. The minimum Gasteiger partial charge on any atom is -0.481 e. The van der Waals surface area contributed by atoms with E-state index >= 15 is 0 Å². The molecule has 24 heavy (non-hydrogen) atoms. The number of nitrogens with one attached hydrogen (secondary N) is 1. The molecule has 126 valence electrons. The fraction of sp³-hybridized carbons (Fsp3) is 0.263. The lowest BCUT2D eigenvalue weighted by Crippen LogP contribution is -2.32. The molecule has 2 aromatic rings. The van der Waals surface area contributed by atoms with E-state index in [1.807, 2.05) is 39.0 Å². The standard InChI is InChI=1S/C19H22N2O3/c1-4-17(24-16-10-5-12(2)13(3)11-16)19(23)21-15-8-6-14(7-9-15)18(20)22/h5-11,17H,4H2,1-3H3,(H2,20,22)(H,21,23). The minimum atomic E-state index is -0.595. The number of amides is 2. The van der Waals surface area contributed by atoms with Gasteiger partial charge in [-0.25, -0.2) is 0 Å². The quantitative estimate of drug-likeness (QED) is 0.855. The van der Waals surface area contributed by atoms with Crippen LogP contribution in [0.5, 0.6) is 5.75 Å². The highest BCUT2D eigenvalue weighted by Crippen LogP contribution is 2.19. The van der Waals surface area contributed by atoms with Crippen LogP contribution in [0.4, 0.5) is 5.69 Å². The van der Waals surface area contributed by atoms with Gasteiger partial charge in [0.25, 0.3) is 5.91 Å². The van der Waals surface area contributed by atoms with Crippen molar-refractivity contribution in [1.82, 2.24) is 0 Å². The van der Waals surface area contributed by atoms with Crippen LogP contribution < -0.4 is 15.8 Å². The first-order valence-electron chi connectivity index (χ1n) is 7.85. The lowest BCUT2D eigenvalue weighted by atomic mass is 10.1. The largest absolute Gasteiger partial charge is 0.481 e. The van der Waals surface area contributed by atoms with Crippen molar-refractivity contribution in [1.29, 1.82) is 0 Å². The van der Waals surface area contributed by atoms with Crippen LogP contribution in [0.3, 0.4) is 0 Å². The summed E-state index contributed by atoms with van der Waals surface area (Å²) in [7, 11) is 0. The van der Waals surface area contributed by atoms with E-state index in [0.717, 1.165) is 5.56 Å². The summed E-state index contributed by atoms with van der Waals surface area (Å²) in [6, 6.07) is 12.2. The lowest BCUT2D eigenvalue weighted by Gasteiger charge is -2.18. The van der Waals surface area contributed by atoms with E-state index in [1.54, 1.807) is 24.3 Å². The Morgan fingerprint density at radius 2 is 1.75 bits per heavy atom. The molecule has 0 saturated carbocycles. The number of nitrogens with two attached hydrogens (primary N) is 1. The van der Waals surface area contributed by atoms with Gasteiger partial charge in [0.1, 0.15) is 5.75 Å². The van der Waals surface area contributed by atoms with Gasteiger partial charge in [0.2, 0.25) is 5.91 Å². The van der Waals surface area contributed by atoms with Gasteiger partial charge in [0.05, 0.1) is 0 Å². The number of ether oxygens (including phenoxy) is 1. The number of benzene rings is 2. The summed E-state index contributed by atoms with van der Waals surface area (Å²) in [5, 5.41) is 2.79. The van der Waals surface area contributed by atoms with E-state index in [4.69, 9.17) is 10.5 Å². The van der Waals surface area contributed by atoms with Gasteiger partial charge in [-0.1, -0.05) is 13.0 Å². The first kappa shape index (κ1) is 17.5. The summed E-state index contributed by atoms with van der Waals surface area (Å²) >= 11 is 0. The summed E-state index contributed by atoms with van der Waals surface area (Å²) in [4.78, 5) is 23.4. The predicted molar refractivity (Wildman–Crippen MR) is 94.2 cm³/mol. The van der Waals surface area contributed by atoms with Crippen LogP contribution in [-0.4, -0.2) is 17.9 Å². The van der Waals surface area contributed by atoms with Crippen molar-refractivity contribution in [3.8, 4) is 5.75 Å². The van der Waals surface area contributed by atoms with Crippen molar-refractivity contribution < 1.29 is 14.3 Å². The highest BCUT2D eigenvalue weighted by atomic mass is 16.5. The number of hydrogen-bond acceptors (Lipinski definition) is 3. The summed E-state index contributed by atoms with van der Waals surface area (Å²) in [5.74, 6) is -0.0656. The Balaban J connectivity index is 2.05. The predicted octanol–water partition coefficient (Wildman–Crippen LogP) is 3.20. The number of aryl methyl sites for hydroxylation is 2. The van der Waals surface area contributed by atoms with Gasteiger partial charge in [-0.3, -0.25) is 9.59 Å². The average Bonchev–Trinajstić information content (AvgIpc) is 2.56. The van der Waals surface area contributed by atoms with Crippen molar-refractivity contribution in [3.05, 3.63) is 59.2 Å². The molecule has 1 atom stereocenters. The molecular weight excluding hydrogens is 304 g/mol. The number of carbonyl (C=O) groups is 2. The Labute approximate surface area is 141 Å². The van der Waals surface area contributed by atoms with Gasteiger partial charge in [0.15, 0.2) is 6.10 Å². The minimum absolute atomic E-state index is 0.234.